The molecule has 3 aromatic heterocycles. The molecule has 0 spiro atoms. The van der Waals surface area contributed by atoms with Crippen LogP contribution in [0.5, 0.6) is 0 Å². The van der Waals surface area contributed by atoms with Gasteiger partial charge in [0.1, 0.15) is 0 Å². The largest absolute Gasteiger partial charge is 0.376 e. The van der Waals surface area contributed by atoms with Crippen LogP contribution in [0.4, 0.5) is 34.1 Å². The van der Waals surface area contributed by atoms with E-state index in [9.17, 15) is 0 Å². The summed E-state index contributed by atoms with van der Waals surface area (Å²) in [6.45, 7) is 0.335. The van der Waals surface area contributed by atoms with E-state index in [1.807, 2.05) is 49.2 Å². The molecular weight excluding hydrogens is 1380 g/mol. The highest BCUT2D eigenvalue weighted by Gasteiger charge is 2.46. The van der Waals surface area contributed by atoms with Gasteiger partial charge < -0.3 is 14.4 Å². The zero-order valence-electron chi connectivity index (χ0n) is 62.3. The van der Waals surface area contributed by atoms with E-state index in [0.717, 1.165) is 16.8 Å². The monoisotopic (exact) mass is 1450 g/mol. The fourth-order valence-corrected chi connectivity index (χ4v) is 18.8. The molecule has 0 saturated carbocycles. The lowest BCUT2D eigenvalue weighted by molar-refractivity contribution is 1.33. The third-order valence-corrected chi connectivity index (χ3v) is 23.9. The van der Waals surface area contributed by atoms with Crippen molar-refractivity contribution >= 4 is 87.4 Å². The molecule has 0 bridgehead atoms. The van der Waals surface area contributed by atoms with Gasteiger partial charge in [0.2, 0.25) is 0 Å². The van der Waals surface area contributed by atoms with Gasteiger partial charge in [0.25, 0.3) is 0 Å². The Bertz CT molecular complexity index is 6130. The van der Waals surface area contributed by atoms with Crippen LogP contribution in [0, 0.1) is 0 Å². The smallest absolute Gasteiger partial charge is 0.329 e. The summed E-state index contributed by atoms with van der Waals surface area (Å²) in [5, 5.41) is 0. The molecule has 0 atom stereocenters. The summed E-state index contributed by atoms with van der Waals surface area (Å²) in [6.07, 6.45) is 9.26. The van der Waals surface area contributed by atoms with Crippen molar-refractivity contribution in [2.24, 2.45) is 0 Å². The SMILES string of the molecule is c1ccc(-c2ccc(-c3ccc4c(c3)B3c5ccccc5-c5ccccc5N3c3ccccc3-4)cc2)nc1.c1ccc2c(c1)B1c3cc(-c4ccc(-c5ccncc5)cc4)ccc3-c3ccccc3N1c1ccccc1-2.c1cncc(-c2ccc(-c3ccc4c(c3)B3c5ccccc5-c5ccccc5N3c3ccccc3-4)cc2)c1. The van der Waals surface area contributed by atoms with E-state index in [2.05, 4.69) is 399 Å². The topological polar surface area (TPSA) is 48.4 Å². The van der Waals surface area contributed by atoms with E-state index in [1.54, 1.807) is 0 Å². The van der Waals surface area contributed by atoms with Crippen molar-refractivity contribution in [2.75, 3.05) is 14.4 Å². The summed E-state index contributed by atoms with van der Waals surface area (Å²) in [4.78, 5) is 20.6. The molecule has 6 aliphatic heterocycles. The average Bonchev–Trinajstić information content (AvgIpc) is 0.719. The van der Waals surface area contributed by atoms with Crippen LogP contribution in [0.1, 0.15) is 0 Å². The second-order valence-electron chi connectivity index (χ2n) is 30.0. The summed E-state index contributed by atoms with van der Waals surface area (Å²) in [6, 6.07) is 141. The molecule has 528 valence electrons. The van der Waals surface area contributed by atoms with Gasteiger partial charge in [0, 0.05) is 104 Å². The molecule has 6 nitrogen and oxygen atoms in total. The molecule has 6 aliphatic rings. The van der Waals surface area contributed by atoms with Crippen LogP contribution in [-0.2, 0) is 0 Å². The van der Waals surface area contributed by atoms with Gasteiger partial charge >= 0.3 is 20.5 Å². The lowest BCUT2D eigenvalue weighted by atomic mass is 9.43. The Morgan fingerprint density at radius 1 is 0.167 bits per heavy atom. The molecule has 0 unspecified atom stereocenters. The number of benzene rings is 15. The van der Waals surface area contributed by atoms with Crippen LogP contribution < -0.4 is 47.2 Å². The number of nitrogens with zero attached hydrogens (tertiary/aromatic N) is 6. The summed E-state index contributed by atoms with van der Waals surface area (Å²) in [5.41, 5.74) is 45.5. The Morgan fingerprint density at radius 3 is 0.763 bits per heavy atom. The number of aromatic nitrogens is 3. The first-order valence-electron chi connectivity index (χ1n) is 39.3. The van der Waals surface area contributed by atoms with Crippen molar-refractivity contribution in [1.29, 1.82) is 0 Å². The van der Waals surface area contributed by atoms with Crippen LogP contribution in [0.25, 0.3) is 134 Å². The molecule has 0 radical (unpaired) electrons. The minimum Gasteiger partial charge on any atom is -0.376 e. The third-order valence-electron chi connectivity index (χ3n) is 23.9. The highest BCUT2D eigenvalue weighted by atomic mass is 15.1. The summed E-state index contributed by atoms with van der Waals surface area (Å²) < 4.78 is 0. The van der Waals surface area contributed by atoms with Gasteiger partial charge in [-0.15, -0.1) is 0 Å². The number of fused-ring (bicyclic) bond motifs is 33. The van der Waals surface area contributed by atoms with E-state index < -0.39 is 0 Å². The highest BCUT2D eigenvalue weighted by Crippen LogP contribution is 2.50. The second-order valence-corrected chi connectivity index (χ2v) is 30.0. The molecule has 9 heteroatoms. The second kappa shape index (κ2) is 27.7. The van der Waals surface area contributed by atoms with Gasteiger partial charge in [-0.05, 0) is 189 Å². The van der Waals surface area contributed by atoms with E-state index in [-0.39, 0.29) is 20.5 Å². The Labute approximate surface area is 665 Å². The number of pyridine rings is 3. The van der Waals surface area contributed by atoms with Crippen molar-refractivity contribution in [3.63, 3.8) is 0 Å². The Balaban J connectivity index is 0.000000104. The van der Waals surface area contributed by atoms with E-state index in [1.165, 1.54) is 184 Å². The Morgan fingerprint density at radius 2 is 0.439 bits per heavy atom. The lowest BCUT2D eigenvalue weighted by Crippen LogP contribution is -2.59. The number of hydrogen-bond acceptors (Lipinski definition) is 6. The number of hydrogen-bond donors (Lipinski definition) is 0. The van der Waals surface area contributed by atoms with Crippen molar-refractivity contribution in [1.82, 2.24) is 15.0 Å². The molecule has 0 fully saturated rings. The first-order chi connectivity index (χ1) is 56.6. The predicted molar refractivity (Wildman–Crippen MR) is 479 cm³/mol. The van der Waals surface area contributed by atoms with Crippen LogP contribution in [-0.4, -0.2) is 35.5 Å². The van der Waals surface area contributed by atoms with Gasteiger partial charge in [-0.1, -0.05) is 322 Å². The molecular formula is C105H69B3N6. The minimum absolute atomic E-state index is 0.110. The predicted octanol–water partition coefficient (Wildman–Crippen LogP) is 22.0. The van der Waals surface area contributed by atoms with Crippen LogP contribution in [0.2, 0.25) is 0 Å². The van der Waals surface area contributed by atoms with E-state index >= 15 is 0 Å². The van der Waals surface area contributed by atoms with Gasteiger partial charge in [0.05, 0.1) is 5.69 Å². The maximum atomic E-state index is 4.51. The van der Waals surface area contributed by atoms with Gasteiger partial charge in [-0.25, -0.2) is 0 Å². The zero-order chi connectivity index (χ0) is 75.2. The number of rotatable bonds is 6. The molecule has 0 amide bonds. The van der Waals surface area contributed by atoms with Crippen LogP contribution in [0.15, 0.2) is 419 Å². The first-order valence-corrected chi connectivity index (χ1v) is 39.3. The normalized spacial score (nSPS) is 12.6. The number of para-hydroxylation sites is 6. The number of anilines is 6. The van der Waals surface area contributed by atoms with Crippen LogP contribution in [0.3, 0.4) is 0 Å². The standard InChI is InChI=1S/3C35H23BN2/c1-4-12-31-27(9-1)29-10-2-5-14-34(29)38-35-15-6-3-11-30(35)28-21-20-26(23-32(28)36(31)38)24-16-18-25(19-17-24)33-13-7-8-22-37-33;1-4-12-32-28(9-1)30-10-2-5-13-34(30)38-35-14-6-3-11-31(35)29-20-19-26(22-33(29)36(32)38)24-15-17-25(18-16-24)27-8-7-21-37-23-27;1-4-10-32-28(7-1)30-8-2-5-11-34(30)38-35-12-6-3-9-31(35)29-18-17-27(23-33(29)36(32)38)25-15-13-24(14-16-25)26-19-21-37-22-20-26/h3*1-23H. The van der Waals surface area contributed by atoms with E-state index in [0.29, 0.717) is 0 Å². The fourth-order valence-electron chi connectivity index (χ4n) is 18.8. The van der Waals surface area contributed by atoms with Crippen molar-refractivity contribution in [2.45, 2.75) is 0 Å². The molecule has 24 rings (SSSR count). The van der Waals surface area contributed by atoms with Gasteiger partial charge in [-0.2, -0.15) is 0 Å². The maximum absolute atomic E-state index is 4.51. The fraction of sp³-hybridized carbons (Fsp3) is 0. The lowest BCUT2D eigenvalue weighted by Gasteiger charge is -2.43. The van der Waals surface area contributed by atoms with Gasteiger partial charge in [-0.3, -0.25) is 15.0 Å². The highest BCUT2D eigenvalue weighted by molar-refractivity contribution is 6.94. The average molecular weight is 1450 g/mol. The Kier molecular flexibility index (Phi) is 16.1. The van der Waals surface area contributed by atoms with Gasteiger partial charge in [0.15, 0.2) is 0 Å². The van der Waals surface area contributed by atoms with Crippen molar-refractivity contribution in [3.05, 3.63) is 419 Å². The summed E-state index contributed by atoms with van der Waals surface area (Å²) in [7, 11) is 0. The third kappa shape index (κ3) is 11.1. The van der Waals surface area contributed by atoms with Crippen molar-refractivity contribution < 1.29 is 0 Å². The molecule has 0 saturated heterocycles. The molecule has 114 heavy (non-hydrogen) atoms. The van der Waals surface area contributed by atoms with Crippen molar-refractivity contribution in [3.8, 4) is 134 Å². The minimum atomic E-state index is 0.110. The Hall–Kier alpha value is -14.7. The molecule has 0 aliphatic carbocycles. The van der Waals surface area contributed by atoms with Crippen LogP contribution >= 0.6 is 0 Å². The molecule has 9 heterocycles. The summed E-state index contributed by atoms with van der Waals surface area (Å²) in [5.74, 6) is 0. The maximum Gasteiger partial charge on any atom is 0.329 e. The first kappa shape index (κ1) is 66.3. The van der Waals surface area contributed by atoms with E-state index in [4.69, 9.17) is 0 Å². The summed E-state index contributed by atoms with van der Waals surface area (Å²) >= 11 is 0. The molecule has 0 N–H and O–H groups in total. The molecule has 15 aromatic carbocycles. The zero-order valence-corrected chi connectivity index (χ0v) is 62.3. The quantitative estimate of drug-likeness (QED) is 0.155. The molecule has 18 aromatic rings.